The molecule has 4 heteroatoms. The molecule has 0 aliphatic carbocycles. The van der Waals surface area contributed by atoms with Crippen molar-refractivity contribution < 1.29 is 5.11 Å². The van der Waals surface area contributed by atoms with Crippen molar-refractivity contribution in [2.45, 2.75) is 16.4 Å². The molecule has 0 saturated heterocycles. The standard InChI is InChI=1S/C13H10Cl2OS/c14-10-4-6-11(7-5-10)17-13-9(8-16)2-1-3-12(13)15/h1-7,16H,8H2. The largest absolute Gasteiger partial charge is 0.392 e. The molecule has 0 aliphatic heterocycles. The van der Waals surface area contributed by atoms with E-state index in [-0.39, 0.29) is 6.61 Å². The Morgan fingerprint density at radius 3 is 2.35 bits per heavy atom. The predicted molar refractivity (Wildman–Crippen MR) is 72.9 cm³/mol. The van der Waals surface area contributed by atoms with Gasteiger partial charge in [0.25, 0.3) is 0 Å². The summed E-state index contributed by atoms with van der Waals surface area (Å²) in [5.41, 5.74) is 0.831. The molecular weight excluding hydrogens is 275 g/mol. The Hall–Kier alpha value is -0.670. The molecule has 1 N–H and O–H groups in total. The maximum absolute atomic E-state index is 9.27. The van der Waals surface area contributed by atoms with Crippen molar-refractivity contribution in [3.05, 3.63) is 58.1 Å². The van der Waals surface area contributed by atoms with Gasteiger partial charge in [0.1, 0.15) is 0 Å². The predicted octanol–water partition coefficient (Wildman–Crippen LogP) is 4.64. The van der Waals surface area contributed by atoms with Crippen molar-refractivity contribution in [1.29, 1.82) is 0 Å². The van der Waals surface area contributed by atoms with Gasteiger partial charge >= 0.3 is 0 Å². The molecule has 0 saturated carbocycles. The summed E-state index contributed by atoms with van der Waals surface area (Å²) >= 11 is 13.5. The fourth-order valence-corrected chi connectivity index (χ4v) is 2.79. The van der Waals surface area contributed by atoms with Crippen LogP contribution in [0.2, 0.25) is 10.0 Å². The van der Waals surface area contributed by atoms with E-state index in [1.165, 1.54) is 11.8 Å². The maximum Gasteiger partial charge on any atom is 0.0693 e. The minimum absolute atomic E-state index is 0.0174. The Morgan fingerprint density at radius 2 is 1.71 bits per heavy atom. The first kappa shape index (κ1) is 12.8. The van der Waals surface area contributed by atoms with Crippen LogP contribution in [0.5, 0.6) is 0 Å². The second-order valence-electron chi connectivity index (χ2n) is 3.44. The molecule has 0 radical (unpaired) electrons. The number of benzene rings is 2. The zero-order chi connectivity index (χ0) is 12.3. The lowest BCUT2D eigenvalue weighted by Crippen LogP contribution is -1.88. The van der Waals surface area contributed by atoms with Gasteiger partial charge in [-0.05, 0) is 35.9 Å². The number of hydrogen-bond acceptors (Lipinski definition) is 2. The highest BCUT2D eigenvalue weighted by atomic mass is 35.5. The van der Waals surface area contributed by atoms with Crippen LogP contribution in [0.25, 0.3) is 0 Å². The van der Waals surface area contributed by atoms with E-state index in [9.17, 15) is 5.11 Å². The molecule has 88 valence electrons. The minimum Gasteiger partial charge on any atom is -0.392 e. The summed E-state index contributed by atoms with van der Waals surface area (Å²) in [5, 5.41) is 10.6. The number of halogens is 2. The van der Waals surface area contributed by atoms with Crippen LogP contribution in [0, 0.1) is 0 Å². The van der Waals surface area contributed by atoms with Gasteiger partial charge in [0, 0.05) is 14.8 Å². The van der Waals surface area contributed by atoms with Crippen molar-refractivity contribution in [2.24, 2.45) is 0 Å². The van der Waals surface area contributed by atoms with Crippen molar-refractivity contribution in [3.63, 3.8) is 0 Å². The SMILES string of the molecule is OCc1cccc(Cl)c1Sc1ccc(Cl)cc1. The molecule has 0 fully saturated rings. The van der Waals surface area contributed by atoms with E-state index >= 15 is 0 Å². The van der Waals surface area contributed by atoms with Crippen LogP contribution in [0.3, 0.4) is 0 Å². The van der Waals surface area contributed by atoms with E-state index in [2.05, 4.69) is 0 Å². The van der Waals surface area contributed by atoms with Crippen LogP contribution in [0.15, 0.2) is 52.3 Å². The van der Waals surface area contributed by atoms with Gasteiger partial charge in [-0.25, -0.2) is 0 Å². The summed E-state index contributed by atoms with van der Waals surface area (Å²) in [6.07, 6.45) is 0. The van der Waals surface area contributed by atoms with E-state index in [1.54, 1.807) is 0 Å². The third-order valence-electron chi connectivity index (χ3n) is 2.25. The lowest BCUT2D eigenvalue weighted by atomic mass is 10.2. The molecule has 0 atom stereocenters. The highest BCUT2D eigenvalue weighted by Crippen LogP contribution is 2.36. The quantitative estimate of drug-likeness (QED) is 0.886. The van der Waals surface area contributed by atoms with Crippen LogP contribution in [0.4, 0.5) is 0 Å². The normalized spacial score (nSPS) is 10.5. The molecule has 1 nitrogen and oxygen atoms in total. The summed E-state index contributed by atoms with van der Waals surface area (Å²) in [6.45, 7) is -0.0174. The summed E-state index contributed by atoms with van der Waals surface area (Å²) in [5.74, 6) is 0. The zero-order valence-corrected chi connectivity index (χ0v) is 11.2. The first-order valence-corrected chi connectivity index (χ1v) is 6.59. The number of rotatable bonds is 3. The molecule has 0 amide bonds. The summed E-state index contributed by atoms with van der Waals surface area (Å²) in [4.78, 5) is 1.93. The molecule has 0 unspecified atom stereocenters. The number of aliphatic hydroxyl groups excluding tert-OH is 1. The Kier molecular flexibility index (Phi) is 4.35. The van der Waals surface area contributed by atoms with Crippen LogP contribution < -0.4 is 0 Å². The molecule has 17 heavy (non-hydrogen) atoms. The van der Waals surface area contributed by atoms with E-state index < -0.39 is 0 Å². The highest BCUT2D eigenvalue weighted by Gasteiger charge is 2.08. The lowest BCUT2D eigenvalue weighted by Gasteiger charge is -2.09. The smallest absolute Gasteiger partial charge is 0.0693 e. The van der Waals surface area contributed by atoms with Gasteiger partial charge in [0.05, 0.1) is 11.6 Å². The second-order valence-corrected chi connectivity index (χ2v) is 5.37. The first-order valence-electron chi connectivity index (χ1n) is 5.02. The highest BCUT2D eigenvalue weighted by molar-refractivity contribution is 7.99. The molecular formula is C13H10Cl2OS. The number of aliphatic hydroxyl groups is 1. The minimum atomic E-state index is -0.0174. The van der Waals surface area contributed by atoms with Gasteiger partial charge in [-0.3, -0.25) is 0 Å². The first-order chi connectivity index (χ1) is 8.20. The van der Waals surface area contributed by atoms with Crippen molar-refractivity contribution >= 4 is 35.0 Å². The Morgan fingerprint density at radius 1 is 1.00 bits per heavy atom. The van der Waals surface area contributed by atoms with Gasteiger partial charge < -0.3 is 5.11 Å². The average molecular weight is 285 g/mol. The Balaban J connectivity index is 2.32. The fraction of sp³-hybridized carbons (Fsp3) is 0.0769. The third-order valence-corrected chi connectivity index (χ3v) is 4.13. The monoisotopic (exact) mass is 284 g/mol. The van der Waals surface area contributed by atoms with E-state index in [0.29, 0.717) is 10.0 Å². The molecule has 2 rings (SSSR count). The summed E-state index contributed by atoms with van der Waals surface area (Å²) in [7, 11) is 0. The summed E-state index contributed by atoms with van der Waals surface area (Å²) in [6, 6.07) is 13.0. The molecule has 2 aromatic carbocycles. The van der Waals surface area contributed by atoms with Gasteiger partial charge in [-0.2, -0.15) is 0 Å². The van der Waals surface area contributed by atoms with Crippen molar-refractivity contribution in [2.75, 3.05) is 0 Å². The van der Waals surface area contributed by atoms with Crippen LogP contribution in [-0.4, -0.2) is 5.11 Å². The second kappa shape index (κ2) is 5.78. The molecule has 0 bridgehead atoms. The molecule has 0 spiro atoms. The maximum atomic E-state index is 9.27. The lowest BCUT2D eigenvalue weighted by molar-refractivity contribution is 0.279. The molecule has 0 aromatic heterocycles. The Bertz CT molecular complexity index is 511. The topological polar surface area (TPSA) is 20.2 Å². The molecule has 0 aliphatic rings. The van der Waals surface area contributed by atoms with E-state index in [0.717, 1.165) is 15.4 Å². The van der Waals surface area contributed by atoms with Crippen LogP contribution in [-0.2, 0) is 6.61 Å². The zero-order valence-electron chi connectivity index (χ0n) is 8.86. The van der Waals surface area contributed by atoms with Gasteiger partial charge in [-0.15, -0.1) is 0 Å². The van der Waals surface area contributed by atoms with Crippen molar-refractivity contribution in [1.82, 2.24) is 0 Å². The average Bonchev–Trinajstić information content (AvgIpc) is 2.34. The van der Waals surface area contributed by atoms with Gasteiger partial charge in [-0.1, -0.05) is 47.1 Å². The summed E-state index contributed by atoms with van der Waals surface area (Å²) < 4.78 is 0. The van der Waals surface area contributed by atoms with Gasteiger partial charge in [0.15, 0.2) is 0 Å². The van der Waals surface area contributed by atoms with Gasteiger partial charge in [0.2, 0.25) is 0 Å². The van der Waals surface area contributed by atoms with Crippen LogP contribution in [0.1, 0.15) is 5.56 Å². The number of hydrogen-bond donors (Lipinski definition) is 1. The van der Waals surface area contributed by atoms with Crippen LogP contribution >= 0.6 is 35.0 Å². The third kappa shape index (κ3) is 3.17. The van der Waals surface area contributed by atoms with E-state index in [1.807, 2.05) is 42.5 Å². The molecule has 0 heterocycles. The van der Waals surface area contributed by atoms with Crippen molar-refractivity contribution in [3.8, 4) is 0 Å². The van der Waals surface area contributed by atoms with E-state index in [4.69, 9.17) is 23.2 Å². The fourth-order valence-electron chi connectivity index (χ4n) is 1.41. The molecule has 2 aromatic rings. The Labute approximate surface area is 114 Å².